The van der Waals surface area contributed by atoms with E-state index in [9.17, 15) is 14.7 Å². The Labute approximate surface area is 118 Å². The molecule has 1 rings (SSSR count). The van der Waals surface area contributed by atoms with Crippen molar-refractivity contribution in [3.05, 3.63) is 23.0 Å². The fourth-order valence-electron chi connectivity index (χ4n) is 2.28. The molecule has 4 N–H and O–H groups in total. The molecule has 0 unspecified atom stereocenters. The topological polar surface area (TPSA) is 105 Å². The third kappa shape index (κ3) is 2.89. The Bertz CT molecular complexity index is 537. The van der Waals surface area contributed by atoms with Crippen LogP contribution >= 0.6 is 0 Å². The summed E-state index contributed by atoms with van der Waals surface area (Å²) in [7, 11) is 0. The number of hydrogen-bond acceptors (Lipinski definition) is 4. The molecule has 0 aromatic carbocycles. The predicted molar refractivity (Wildman–Crippen MR) is 76.8 cm³/mol. The second-order valence-electron chi connectivity index (χ2n) is 4.86. The molecule has 0 aliphatic carbocycles. The van der Waals surface area contributed by atoms with E-state index in [-0.39, 0.29) is 5.56 Å². The van der Waals surface area contributed by atoms with Crippen molar-refractivity contribution in [2.45, 2.75) is 46.1 Å². The van der Waals surface area contributed by atoms with E-state index in [1.807, 2.05) is 0 Å². The highest BCUT2D eigenvalue weighted by molar-refractivity contribution is 6.00. The molecule has 0 saturated heterocycles. The normalized spacial score (nSPS) is 11.2. The summed E-state index contributed by atoms with van der Waals surface area (Å²) in [6.07, 6.45) is 0.773. The van der Waals surface area contributed by atoms with E-state index in [4.69, 9.17) is 5.73 Å². The molecular weight excluding hydrogens is 258 g/mol. The maximum Gasteiger partial charge on any atom is 0.329 e. The Morgan fingerprint density at radius 2 is 1.90 bits per heavy atom. The quantitative estimate of drug-likeness (QED) is 0.737. The molecule has 6 nitrogen and oxygen atoms in total. The minimum Gasteiger partial charge on any atom is -0.480 e. The lowest BCUT2D eigenvalue weighted by molar-refractivity contribution is -0.142. The lowest BCUT2D eigenvalue weighted by Gasteiger charge is -2.30. The molecule has 1 aromatic rings. The highest BCUT2D eigenvalue weighted by Crippen LogP contribution is 2.27. The Morgan fingerprint density at radius 3 is 2.30 bits per heavy atom. The predicted octanol–water partition coefficient (Wildman–Crippen LogP) is 1.85. The van der Waals surface area contributed by atoms with Crippen molar-refractivity contribution in [3.8, 4) is 0 Å². The van der Waals surface area contributed by atoms with Crippen LogP contribution in [0.4, 0.5) is 5.69 Å². The summed E-state index contributed by atoms with van der Waals surface area (Å²) in [4.78, 5) is 27.3. The van der Waals surface area contributed by atoms with Crippen LogP contribution in [0.15, 0.2) is 6.07 Å². The highest BCUT2D eigenvalue weighted by Gasteiger charge is 2.35. The highest BCUT2D eigenvalue weighted by atomic mass is 16.4. The summed E-state index contributed by atoms with van der Waals surface area (Å²) in [5.41, 5.74) is 6.11. The van der Waals surface area contributed by atoms with Gasteiger partial charge in [0.15, 0.2) is 0 Å². The third-order valence-corrected chi connectivity index (χ3v) is 3.57. The number of aliphatic carboxylic acids is 1. The maximum atomic E-state index is 11.6. The summed E-state index contributed by atoms with van der Waals surface area (Å²) in [5.74, 6) is -1.57. The Kier molecular flexibility index (Phi) is 4.70. The van der Waals surface area contributed by atoms with Crippen molar-refractivity contribution in [3.63, 3.8) is 0 Å². The Hall–Kier alpha value is -2.11. The van der Waals surface area contributed by atoms with Gasteiger partial charge in [-0.05, 0) is 32.8 Å². The smallest absolute Gasteiger partial charge is 0.329 e. The molecule has 0 bridgehead atoms. The minimum atomic E-state index is -1.12. The third-order valence-electron chi connectivity index (χ3n) is 3.57. The number of aryl methyl sites for hydroxylation is 2. The molecule has 0 spiro atoms. The van der Waals surface area contributed by atoms with E-state index in [1.165, 1.54) is 0 Å². The molecule has 20 heavy (non-hydrogen) atoms. The number of carbonyl (C=O) groups is 2. The summed E-state index contributed by atoms with van der Waals surface area (Å²) < 4.78 is 0. The molecule has 0 aliphatic heterocycles. The first-order valence-electron chi connectivity index (χ1n) is 6.57. The number of primary amides is 1. The number of nitrogens with two attached hydrogens (primary N) is 1. The van der Waals surface area contributed by atoms with E-state index >= 15 is 0 Å². The van der Waals surface area contributed by atoms with Crippen molar-refractivity contribution in [2.24, 2.45) is 5.73 Å². The molecule has 0 saturated carbocycles. The second kappa shape index (κ2) is 5.90. The molecule has 6 heteroatoms. The van der Waals surface area contributed by atoms with Crippen LogP contribution in [0.1, 0.15) is 48.4 Å². The Morgan fingerprint density at radius 1 is 1.35 bits per heavy atom. The van der Waals surface area contributed by atoms with Crippen molar-refractivity contribution in [1.82, 2.24) is 4.98 Å². The van der Waals surface area contributed by atoms with Gasteiger partial charge in [-0.2, -0.15) is 0 Å². The first-order valence-corrected chi connectivity index (χ1v) is 6.57. The van der Waals surface area contributed by atoms with Crippen LogP contribution in [0.25, 0.3) is 0 Å². The van der Waals surface area contributed by atoms with Crippen LogP contribution in [0.5, 0.6) is 0 Å². The summed E-state index contributed by atoms with van der Waals surface area (Å²) in [5, 5.41) is 12.4. The maximum absolute atomic E-state index is 11.6. The van der Waals surface area contributed by atoms with Crippen LogP contribution in [-0.4, -0.2) is 27.5 Å². The number of carboxylic acid groups (broad SMARTS) is 1. The van der Waals surface area contributed by atoms with Gasteiger partial charge in [-0.25, -0.2) is 4.79 Å². The first-order chi connectivity index (χ1) is 9.27. The monoisotopic (exact) mass is 279 g/mol. The SMILES string of the molecule is CCC(CC)(Nc1cc(C)nc(C)c1C(N)=O)C(=O)O. The van der Waals surface area contributed by atoms with E-state index in [1.54, 1.807) is 33.8 Å². The molecule has 0 aliphatic rings. The summed E-state index contributed by atoms with van der Waals surface area (Å²) in [6, 6.07) is 1.65. The average Bonchev–Trinajstić information content (AvgIpc) is 2.34. The van der Waals surface area contributed by atoms with Gasteiger partial charge >= 0.3 is 5.97 Å². The van der Waals surface area contributed by atoms with Crippen LogP contribution in [0.3, 0.4) is 0 Å². The van der Waals surface area contributed by atoms with Gasteiger partial charge in [0.25, 0.3) is 5.91 Å². The number of rotatable bonds is 6. The zero-order valence-electron chi connectivity index (χ0n) is 12.3. The second-order valence-corrected chi connectivity index (χ2v) is 4.86. The van der Waals surface area contributed by atoms with E-state index in [0.29, 0.717) is 29.9 Å². The van der Waals surface area contributed by atoms with Crippen LogP contribution < -0.4 is 11.1 Å². The fraction of sp³-hybridized carbons (Fsp3) is 0.500. The molecule has 0 radical (unpaired) electrons. The van der Waals surface area contributed by atoms with Gasteiger partial charge in [-0.15, -0.1) is 0 Å². The molecular formula is C14H21N3O3. The number of carboxylic acids is 1. The van der Waals surface area contributed by atoms with E-state index in [2.05, 4.69) is 10.3 Å². The molecule has 1 amide bonds. The van der Waals surface area contributed by atoms with Gasteiger partial charge in [0.05, 0.1) is 16.9 Å². The van der Waals surface area contributed by atoms with Crippen molar-refractivity contribution >= 4 is 17.6 Å². The summed E-state index contributed by atoms with van der Waals surface area (Å²) in [6.45, 7) is 7.03. The molecule has 0 atom stereocenters. The number of nitrogens with one attached hydrogen (secondary N) is 1. The lowest BCUT2D eigenvalue weighted by atomic mass is 9.92. The zero-order valence-corrected chi connectivity index (χ0v) is 12.3. The average molecular weight is 279 g/mol. The number of anilines is 1. The molecule has 0 fully saturated rings. The van der Waals surface area contributed by atoms with Crippen molar-refractivity contribution in [1.29, 1.82) is 0 Å². The Balaban J connectivity index is 3.39. The van der Waals surface area contributed by atoms with E-state index < -0.39 is 17.4 Å². The number of pyridine rings is 1. The fourth-order valence-corrected chi connectivity index (χ4v) is 2.28. The zero-order chi connectivity index (χ0) is 15.5. The minimum absolute atomic E-state index is 0.239. The van der Waals surface area contributed by atoms with E-state index in [0.717, 1.165) is 0 Å². The number of nitrogens with zero attached hydrogens (tertiary/aromatic N) is 1. The van der Waals surface area contributed by atoms with Gasteiger partial charge in [0.2, 0.25) is 0 Å². The van der Waals surface area contributed by atoms with Crippen LogP contribution in [-0.2, 0) is 4.79 Å². The van der Waals surface area contributed by atoms with Crippen LogP contribution in [0.2, 0.25) is 0 Å². The number of carbonyl (C=O) groups excluding carboxylic acids is 1. The molecule has 1 aromatic heterocycles. The van der Waals surface area contributed by atoms with Crippen molar-refractivity contribution in [2.75, 3.05) is 5.32 Å². The van der Waals surface area contributed by atoms with Gasteiger partial charge < -0.3 is 16.2 Å². The summed E-state index contributed by atoms with van der Waals surface area (Å²) >= 11 is 0. The standard InChI is InChI=1S/C14H21N3O3/c1-5-14(6-2,13(19)20)17-10-7-8(3)16-9(4)11(10)12(15)18/h7H,5-6H2,1-4H3,(H2,15,18)(H,16,17)(H,19,20). The number of hydrogen-bond donors (Lipinski definition) is 3. The van der Waals surface area contributed by atoms with Crippen LogP contribution in [0, 0.1) is 13.8 Å². The number of aromatic nitrogens is 1. The first kappa shape index (κ1) is 15.9. The lowest BCUT2D eigenvalue weighted by Crippen LogP contribution is -2.45. The van der Waals surface area contributed by atoms with Gasteiger partial charge in [0.1, 0.15) is 5.54 Å². The molecule has 110 valence electrons. The largest absolute Gasteiger partial charge is 0.480 e. The number of amides is 1. The van der Waals surface area contributed by atoms with Gasteiger partial charge in [-0.1, -0.05) is 13.8 Å². The molecule has 1 heterocycles. The van der Waals surface area contributed by atoms with Crippen molar-refractivity contribution < 1.29 is 14.7 Å². The van der Waals surface area contributed by atoms with Gasteiger partial charge in [0, 0.05) is 5.69 Å². The van der Waals surface area contributed by atoms with Gasteiger partial charge in [-0.3, -0.25) is 9.78 Å².